The van der Waals surface area contributed by atoms with Crippen LogP contribution in [0, 0.1) is 5.41 Å². The van der Waals surface area contributed by atoms with Gasteiger partial charge in [-0.1, -0.05) is 25.2 Å². The van der Waals surface area contributed by atoms with Gasteiger partial charge in [-0.15, -0.1) is 0 Å². The summed E-state index contributed by atoms with van der Waals surface area (Å²) in [4.78, 5) is 22.2. The van der Waals surface area contributed by atoms with Gasteiger partial charge in [0, 0.05) is 5.57 Å². The topological polar surface area (TPSA) is 86.2 Å². The van der Waals surface area contributed by atoms with Crippen molar-refractivity contribution in [3.8, 4) is 0 Å². The van der Waals surface area contributed by atoms with Crippen LogP contribution >= 0.6 is 0 Å². The molecule has 1 atom stereocenters. The Kier molecular flexibility index (Phi) is 2.74. The highest BCUT2D eigenvalue weighted by Gasteiger charge is 2.35. The van der Waals surface area contributed by atoms with E-state index in [0.717, 1.165) is 0 Å². The number of hydrogen-bond donors (Lipinski definition) is 2. The summed E-state index contributed by atoms with van der Waals surface area (Å²) in [6.45, 7) is 1.86. The van der Waals surface area contributed by atoms with E-state index in [1.165, 1.54) is 0 Å². The third kappa shape index (κ3) is 1.69. The first kappa shape index (κ1) is 10.5. The number of carbonyl (C=O) groups excluding carboxylic acids is 2. The lowest BCUT2D eigenvalue weighted by Crippen LogP contribution is -2.37. The third-order valence-electron chi connectivity index (χ3n) is 2.66. The first-order chi connectivity index (χ1) is 6.52. The van der Waals surface area contributed by atoms with Crippen molar-refractivity contribution in [2.45, 2.75) is 19.8 Å². The van der Waals surface area contributed by atoms with E-state index in [0.29, 0.717) is 18.4 Å². The van der Waals surface area contributed by atoms with Gasteiger partial charge >= 0.3 is 0 Å². The second kappa shape index (κ2) is 3.65. The highest BCUT2D eigenvalue weighted by atomic mass is 16.1. The maximum atomic E-state index is 11.3. The molecule has 0 fully saturated rings. The van der Waals surface area contributed by atoms with E-state index in [1.807, 2.05) is 6.92 Å². The summed E-state index contributed by atoms with van der Waals surface area (Å²) in [5, 5.41) is 0. The monoisotopic (exact) mass is 194 g/mol. The van der Waals surface area contributed by atoms with Gasteiger partial charge in [-0.25, -0.2) is 0 Å². The SMILES string of the molecule is CCC1(C(N)=O)C=CC=C(C(N)=O)C1. The van der Waals surface area contributed by atoms with Gasteiger partial charge in [-0.3, -0.25) is 9.59 Å². The van der Waals surface area contributed by atoms with Crippen LogP contribution in [0.3, 0.4) is 0 Å². The number of carbonyl (C=O) groups is 2. The van der Waals surface area contributed by atoms with Gasteiger partial charge in [-0.05, 0) is 12.8 Å². The van der Waals surface area contributed by atoms with Crippen LogP contribution in [0.1, 0.15) is 19.8 Å². The molecule has 1 unspecified atom stereocenters. The van der Waals surface area contributed by atoms with Crippen LogP contribution in [0.2, 0.25) is 0 Å². The maximum absolute atomic E-state index is 11.3. The largest absolute Gasteiger partial charge is 0.369 e. The van der Waals surface area contributed by atoms with Crippen LogP contribution < -0.4 is 11.5 Å². The van der Waals surface area contributed by atoms with Gasteiger partial charge in [0.25, 0.3) is 0 Å². The average molecular weight is 194 g/mol. The molecule has 4 N–H and O–H groups in total. The molecule has 0 bridgehead atoms. The average Bonchev–Trinajstić information content (AvgIpc) is 2.17. The quantitative estimate of drug-likeness (QED) is 0.674. The molecule has 0 saturated carbocycles. The van der Waals surface area contributed by atoms with Crippen molar-refractivity contribution >= 4 is 11.8 Å². The maximum Gasteiger partial charge on any atom is 0.244 e. The third-order valence-corrected chi connectivity index (χ3v) is 2.66. The smallest absolute Gasteiger partial charge is 0.244 e. The van der Waals surface area contributed by atoms with Gasteiger partial charge in [0.2, 0.25) is 11.8 Å². The number of hydrogen-bond acceptors (Lipinski definition) is 2. The molecular formula is C10H14N2O2. The molecule has 4 heteroatoms. The van der Waals surface area contributed by atoms with Crippen molar-refractivity contribution in [2.75, 3.05) is 0 Å². The highest BCUT2D eigenvalue weighted by molar-refractivity contribution is 5.95. The Labute approximate surface area is 82.6 Å². The van der Waals surface area contributed by atoms with Crippen molar-refractivity contribution in [3.63, 3.8) is 0 Å². The van der Waals surface area contributed by atoms with Crippen molar-refractivity contribution in [1.29, 1.82) is 0 Å². The number of amides is 2. The normalized spacial score (nSPS) is 25.6. The summed E-state index contributed by atoms with van der Waals surface area (Å²) in [6.07, 6.45) is 5.91. The van der Waals surface area contributed by atoms with E-state index in [4.69, 9.17) is 11.5 Å². The Hall–Kier alpha value is -1.58. The molecule has 1 aliphatic carbocycles. The zero-order chi connectivity index (χ0) is 10.8. The van der Waals surface area contributed by atoms with Crippen LogP contribution in [0.25, 0.3) is 0 Å². The number of allylic oxidation sites excluding steroid dienone is 2. The summed E-state index contributed by atoms with van der Waals surface area (Å²) < 4.78 is 0. The molecule has 0 aromatic rings. The Morgan fingerprint density at radius 3 is 2.57 bits per heavy atom. The minimum absolute atomic E-state index is 0.310. The van der Waals surface area contributed by atoms with E-state index in [9.17, 15) is 9.59 Å². The Morgan fingerprint density at radius 1 is 1.50 bits per heavy atom. The van der Waals surface area contributed by atoms with E-state index in [2.05, 4.69) is 0 Å². The zero-order valence-electron chi connectivity index (χ0n) is 8.12. The van der Waals surface area contributed by atoms with Gasteiger partial charge in [0.05, 0.1) is 5.41 Å². The van der Waals surface area contributed by atoms with E-state index in [-0.39, 0.29) is 0 Å². The highest BCUT2D eigenvalue weighted by Crippen LogP contribution is 2.34. The predicted octanol–water partition coefficient (Wildman–Crippen LogP) is 0.240. The molecule has 0 saturated heterocycles. The van der Waals surface area contributed by atoms with Gasteiger partial charge in [0.15, 0.2) is 0 Å². The molecule has 1 rings (SSSR count). The first-order valence-electron chi connectivity index (χ1n) is 4.50. The van der Waals surface area contributed by atoms with Crippen molar-refractivity contribution in [2.24, 2.45) is 16.9 Å². The summed E-state index contributed by atoms with van der Waals surface area (Å²) in [5.41, 5.74) is 10.2. The minimum Gasteiger partial charge on any atom is -0.369 e. The van der Waals surface area contributed by atoms with Crippen molar-refractivity contribution in [1.82, 2.24) is 0 Å². The molecule has 14 heavy (non-hydrogen) atoms. The number of nitrogens with two attached hydrogens (primary N) is 2. The fourth-order valence-corrected chi connectivity index (χ4v) is 1.56. The van der Waals surface area contributed by atoms with Gasteiger partial charge in [-0.2, -0.15) is 0 Å². The molecule has 76 valence electrons. The molecule has 0 aromatic carbocycles. The van der Waals surface area contributed by atoms with Crippen LogP contribution in [-0.2, 0) is 9.59 Å². The molecule has 0 radical (unpaired) electrons. The van der Waals surface area contributed by atoms with Crippen LogP contribution in [-0.4, -0.2) is 11.8 Å². The van der Waals surface area contributed by atoms with Crippen LogP contribution in [0.15, 0.2) is 23.8 Å². The van der Waals surface area contributed by atoms with E-state index >= 15 is 0 Å². The first-order valence-corrected chi connectivity index (χ1v) is 4.50. The fraction of sp³-hybridized carbons (Fsp3) is 0.400. The Morgan fingerprint density at radius 2 is 2.14 bits per heavy atom. The number of primary amides is 2. The lowest BCUT2D eigenvalue weighted by molar-refractivity contribution is -0.125. The zero-order valence-corrected chi connectivity index (χ0v) is 8.12. The molecule has 4 nitrogen and oxygen atoms in total. The van der Waals surface area contributed by atoms with Gasteiger partial charge in [0.1, 0.15) is 0 Å². The molecule has 1 aliphatic rings. The predicted molar refractivity (Wildman–Crippen MR) is 53.0 cm³/mol. The summed E-state index contributed by atoms with van der Waals surface area (Å²) in [7, 11) is 0. The molecular weight excluding hydrogens is 180 g/mol. The van der Waals surface area contributed by atoms with Crippen LogP contribution in [0.4, 0.5) is 0 Å². The molecule has 0 aromatic heterocycles. The van der Waals surface area contributed by atoms with E-state index in [1.54, 1.807) is 18.2 Å². The summed E-state index contributed by atoms with van der Waals surface area (Å²) >= 11 is 0. The summed E-state index contributed by atoms with van der Waals surface area (Å²) in [5.74, 6) is -0.906. The fourth-order valence-electron chi connectivity index (χ4n) is 1.56. The Bertz CT molecular complexity index is 331. The van der Waals surface area contributed by atoms with E-state index < -0.39 is 17.2 Å². The van der Waals surface area contributed by atoms with Crippen LogP contribution in [0.5, 0.6) is 0 Å². The van der Waals surface area contributed by atoms with Crippen molar-refractivity contribution in [3.05, 3.63) is 23.8 Å². The standard InChI is InChI=1S/C10H14N2O2/c1-2-10(9(12)14)5-3-4-7(6-10)8(11)13/h3-5H,2,6H2,1H3,(H2,11,13)(H2,12,14). The molecule has 0 spiro atoms. The van der Waals surface area contributed by atoms with Gasteiger partial charge < -0.3 is 11.5 Å². The Balaban J connectivity index is 2.98. The molecule has 0 aliphatic heterocycles. The second-order valence-corrected chi connectivity index (χ2v) is 3.47. The molecule has 2 amide bonds. The lowest BCUT2D eigenvalue weighted by atomic mass is 9.75. The van der Waals surface area contributed by atoms with Crippen molar-refractivity contribution < 1.29 is 9.59 Å². The number of rotatable bonds is 3. The lowest BCUT2D eigenvalue weighted by Gasteiger charge is -2.28. The summed E-state index contributed by atoms with van der Waals surface area (Å²) in [6, 6.07) is 0. The second-order valence-electron chi connectivity index (χ2n) is 3.47. The minimum atomic E-state index is -0.737. The molecule has 0 heterocycles.